The molecule has 0 aliphatic heterocycles. The molecule has 2 heterocycles. The van der Waals surface area contributed by atoms with Gasteiger partial charge in [0.05, 0.1) is 4.83 Å². The molecule has 0 aliphatic carbocycles. The first kappa shape index (κ1) is 19.6. The maximum Gasteiger partial charge on any atom is 0.242 e. The standard InChI is InChI=1S/C13H19BrN2O5S2Si/c1-24(2,3)21-11-9(17)12(13-15-6-7-22-13)20-10(11)8(14)4-5-16-23(18)19/h6-8,16-17H,4-5H2,1-3H3,(H,18,19)/p-1. The molecule has 24 heavy (non-hydrogen) atoms. The first-order chi connectivity index (χ1) is 11.2. The van der Waals surface area contributed by atoms with Crippen LogP contribution < -0.4 is 9.15 Å². The van der Waals surface area contributed by atoms with Gasteiger partial charge in [-0.1, -0.05) is 15.9 Å². The number of aromatic nitrogens is 1. The summed E-state index contributed by atoms with van der Waals surface area (Å²) >= 11 is 2.51. The van der Waals surface area contributed by atoms with Crippen LogP contribution in [0, 0.1) is 0 Å². The van der Waals surface area contributed by atoms with Gasteiger partial charge < -0.3 is 18.5 Å². The van der Waals surface area contributed by atoms with Crippen LogP contribution in [-0.4, -0.2) is 33.7 Å². The van der Waals surface area contributed by atoms with E-state index in [0.717, 1.165) is 0 Å². The van der Waals surface area contributed by atoms with E-state index in [1.54, 1.807) is 11.6 Å². The van der Waals surface area contributed by atoms with Crippen LogP contribution in [0.1, 0.15) is 17.0 Å². The van der Waals surface area contributed by atoms with Crippen molar-refractivity contribution in [3.05, 3.63) is 17.3 Å². The van der Waals surface area contributed by atoms with Gasteiger partial charge in [-0.2, -0.15) is 0 Å². The van der Waals surface area contributed by atoms with Gasteiger partial charge in [-0.25, -0.2) is 9.71 Å². The Bertz CT molecular complexity index is 702. The van der Waals surface area contributed by atoms with Gasteiger partial charge in [0, 0.05) is 29.4 Å². The third-order valence-corrected chi connectivity index (χ3v) is 5.70. The third kappa shape index (κ3) is 5.13. The normalized spacial score (nSPS) is 14.5. The number of thiazole rings is 1. The van der Waals surface area contributed by atoms with E-state index in [0.29, 0.717) is 22.9 Å². The molecule has 2 aromatic heterocycles. The number of aromatic hydroxyl groups is 1. The van der Waals surface area contributed by atoms with E-state index in [-0.39, 0.29) is 22.9 Å². The molecule has 2 aromatic rings. The molecule has 0 spiro atoms. The number of nitrogens with one attached hydrogen (secondary N) is 1. The maximum atomic E-state index is 10.6. The molecule has 0 saturated heterocycles. The second-order valence-corrected chi connectivity index (χ2v) is 13.1. The fourth-order valence-corrected chi connectivity index (χ4v) is 4.16. The molecule has 11 heteroatoms. The van der Waals surface area contributed by atoms with Crippen molar-refractivity contribution in [3.63, 3.8) is 0 Å². The van der Waals surface area contributed by atoms with E-state index >= 15 is 0 Å². The number of alkyl halides is 1. The molecule has 2 N–H and O–H groups in total. The molecule has 0 bridgehead atoms. The van der Waals surface area contributed by atoms with E-state index < -0.39 is 19.6 Å². The van der Waals surface area contributed by atoms with Crippen LogP contribution in [-0.2, 0) is 11.3 Å². The van der Waals surface area contributed by atoms with Crippen LogP contribution in [0.15, 0.2) is 16.0 Å². The highest BCUT2D eigenvalue weighted by Crippen LogP contribution is 2.49. The summed E-state index contributed by atoms with van der Waals surface area (Å²) in [6.07, 6.45) is 2.06. The lowest BCUT2D eigenvalue weighted by molar-refractivity contribution is 0.438. The number of rotatable bonds is 8. The van der Waals surface area contributed by atoms with Crippen LogP contribution in [0.4, 0.5) is 0 Å². The lowest BCUT2D eigenvalue weighted by Crippen LogP contribution is -2.29. The summed E-state index contributed by atoms with van der Waals surface area (Å²) in [5.74, 6) is 0.910. The predicted molar refractivity (Wildman–Crippen MR) is 98.7 cm³/mol. The van der Waals surface area contributed by atoms with Crippen molar-refractivity contribution in [2.75, 3.05) is 6.54 Å². The van der Waals surface area contributed by atoms with Crippen LogP contribution in [0.5, 0.6) is 11.5 Å². The Kier molecular flexibility index (Phi) is 6.62. The van der Waals surface area contributed by atoms with Crippen LogP contribution >= 0.6 is 27.3 Å². The molecule has 2 rings (SSSR count). The molecule has 2 atom stereocenters. The second kappa shape index (κ2) is 8.10. The maximum absolute atomic E-state index is 10.6. The number of hydrogen-bond donors (Lipinski definition) is 2. The number of halogens is 1. The molecule has 0 aromatic carbocycles. The molecule has 0 aliphatic rings. The Morgan fingerprint density at radius 3 is 2.83 bits per heavy atom. The van der Waals surface area contributed by atoms with Crippen molar-refractivity contribution in [2.24, 2.45) is 0 Å². The minimum Gasteiger partial charge on any atom is -0.760 e. The summed E-state index contributed by atoms with van der Waals surface area (Å²) in [5, 5.41) is 12.9. The Hall–Kier alpha value is -0.723. The lowest BCUT2D eigenvalue weighted by Gasteiger charge is -2.20. The Morgan fingerprint density at radius 2 is 2.29 bits per heavy atom. The summed E-state index contributed by atoms with van der Waals surface area (Å²) in [7, 11) is -2.00. The number of hydrogen-bond acceptors (Lipinski definition) is 7. The van der Waals surface area contributed by atoms with Crippen molar-refractivity contribution < 1.29 is 22.7 Å². The Labute approximate surface area is 156 Å². The average molecular weight is 454 g/mol. The van der Waals surface area contributed by atoms with Gasteiger partial charge in [0.15, 0.2) is 16.5 Å². The fraction of sp³-hybridized carbons (Fsp3) is 0.462. The fourth-order valence-electron chi connectivity index (χ4n) is 1.92. The van der Waals surface area contributed by atoms with Gasteiger partial charge in [0.25, 0.3) is 0 Å². The van der Waals surface area contributed by atoms with Gasteiger partial charge in [0.1, 0.15) is 0 Å². The lowest BCUT2D eigenvalue weighted by atomic mass is 10.2. The average Bonchev–Trinajstić information content (AvgIpc) is 3.06. The molecule has 0 radical (unpaired) electrons. The zero-order valence-electron chi connectivity index (χ0n) is 13.4. The Balaban J connectivity index is 2.33. The largest absolute Gasteiger partial charge is 0.760 e. The summed E-state index contributed by atoms with van der Waals surface area (Å²) in [6, 6.07) is 0. The SMILES string of the molecule is C[Si](C)(C)Oc1c(C(Br)CCNS(=O)[O-])oc(-c2nccs2)c1O. The molecule has 0 amide bonds. The highest BCUT2D eigenvalue weighted by Gasteiger charge is 2.31. The zero-order chi connectivity index (χ0) is 17.9. The molecular formula is C13H18BrN2O5S2Si-. The van der Waals surface area contributed by atoms with E-state index in [2.05, 4.69) is 25.6 Å². The molecule has 2 unspecified atom stereocenters. The van der Waals surface area contributed by atoms with E-state index in [1.165, 1.54) is 11.3 Å². The molecule has 7 nitrogen and oxygen atoms in total. The highest BCUT2D eigenvalue weighted by molar-refractivity contribution is 9.09. The van der Waals surface area contributed by atoms with Gasteiger partial charge in [-0.3, -0.25) is 4.21 Å². The van der Waals surface area contributed by atoms with Gasteiger partial charge in [-0.05, 0) is 26.1 Å². The second-order valence-electron chi connectivity index (χ2n) is 5.91. The van der Waals surface area contributed by atoms with E-state index in [4.69, 9.17) is 8.84 Å². The molecule has 0 fully saturated rings. The zero-order valence-corrected chi connectivity index (χ0v) is 17.6. The summed E-state index contributed by atoms with van der Waals surface area (Å²) in [5.41, 5.74) is 0. The van der Waals surface area contributed by atoms with Crippen LogP contribution in [0.3, 0.4) is 0 Å². The quantitative estimate of drug-likeness (QED) is 0.359. The topological polar surface area (TPSA) is 108 Å². The summed E-state index contributed by atoms with van der Waals surface area (Å²) in [4.78, 5) is 3.83. The summed E-state index contributed by atoms with van der Waals surface area (Å²) in [6.45, 7) is 6.22. The molecule has 134 valence electrons. The number of nitrogens with zero attached hydrogens (tertiary/aromatic N) is 1. The minimum absolute atomic E-state index is 0.0767. The first-order valence-corrected chi connectivity index (χ1v) is 13.4. The smallest absolute Gasteiger partial charge is 0.242 e. The van der Waals surface area contributed by atoms with Crippen LogP contribution in [0.2, 0.25) is 19.6 Å². The minimum atomic E-state index is -2.32. The summed E-state index contributed by atoms with van der Waals surface area (Å²) < 4.78 is 35.3. The highest BCUT2D eigenvalue weighted by atomic mass is 79.9. The van der Waals surface area contributed by atoms with Gasteiger partial charge >= 0.3 is 0 Å². The van der Waals surface area contributed by atoms with Gasteiger partial charge in [-0.15, -0.1) is 11.3 Å². The number of furan rings is 1. The van der Waals surface area contributed by atoms with Crippen molar-refractivity contribution in [3.8, 4) is 22.3 Å². The Morgan fingerprint density at radius 1 is 1.58 bits per heavy atom. The molecule has 0 saturated carbocycles. The van der Waals surface area contributed by atoms with Crippen molar-refractivity contribution in [2.45, 2.75) is 30.9 Å². The van der Waals surface area contributed by atoms with Gasteiger partial charge in [0.2, 0.25) is 19.8 Å². The first-order valence-electron chi connectivity index (χ1n) is 7.10. The van der Waals surface area contributed by atoms with Crippen LogP contribution in [0.25, 0.3) is 10.8 Å². The monoisotopic (exact) mass is 453 g/mol. The predicted octanol–water partition coefficient (Wildman–Crippen LogP) is 3.53. The van der Waals surface area contributed by atoms with Crippen molar-refractivity contribution >= 4 is 46.9 Å². The van der Waals surface area contributed by atoms with Crippen molar-refractivity contribution in [1.82, 2.24) is 9.71 Å². The third-order valence-electron chi connectivity index (χ3n) is 2.80. The van der Waals surface area contributed by atoms with E-state index in [9.17, 15) is 13.9 Å². The van der Waals surface area contributed by atoms with Crippen molar-refractivity contribution in [1.29, 1.82) is 0 Å². The van der Waals surface area contributed by atoms with E-state index in [1.807, 2.05) is 19.6 Å². The molecular weight excluding hydrogens is 436 g/mol.